The Morgan fingerprint density at radius 2 is 0.841 bits per heavy atom. The summed E-state index contributed by atoms with van der Waals surface area (Å²) in [5.41, 5.74) is 17.6. The van der Waals surface area contributed by atoms with Gasteiger partial charge in [0.15, 0.2) is 0 Å². The second-order valence-electron chi connectivity index (χ2n) is 16.4. The summed E-state index contributed by atoms with van der Waals surface area (Å²) >= 11 is 1.87. The first kappa shape index (κ1) is 37.0. The number of thiophene rings is 1. The van der Waals surface area contributed by atoms with E-state index in [0.29, 0.717) is 0 Å². The minimum Gasteiger partial charge on any atom is -0.310 e. The third kappa shape index (κ3) is 6.06. The highest BCUT2D eigenvalue weighted by Crippen LogP contribution is 2.57. The number of nitrogens with zero attached hydrogens (tertiary/aromatic N) is 1. The van der Waals surface area contributed by atoms with Gasteiger partial charge in [-0.1, -0.05) is 206 Å². The van der Waals surface area contributed by atoms with Crippen LogP contribution in [0.15, 0.2) is 249 Å². The molecule has 63 heavy (non-hydrogen) atoms. The smallest absolute Gasteiger partial charge is 0.0714 e. The molecule has 0 bridgehead atoms. The van der Waals surface area contributed by atoms with Crippen LogP contribution in [0.25, 0.3) is 64.7 Å². The maximum absolute atomic E-state index is 2.50. The van der Waals surface area contributed by atoms with Crippen molar-refractivity contribution in [3.63, 3.8) is 0 Å². The van der Waals surface area contributed by atoms with Crippen molar-refractivity contribution in [1.29, 1.82) is 0 Å². The maximum Gasteiger partial charge on any atom is 0.0714 e. The summed E-state index contributed by atoms with van der Waals surface area (Å²) in [5, 5.41) is 2.55. The van der Waals surface area contributed by atoms with Crippen LogP contribution < -0.4 is 4.90 Å². The maximum atomic E-state index is 2.50. The molecule has 0 fully saturated rings. The highest BCUT2D eigenvalue weighted by molar-refractivity contribution is 7.26. The zero-order valence-corrected chi connectivity index (χ0v) is 35.3. The van der Waals surface area contributed by atoms with Gasteiger partial charge in [0, 0.05) is 37.1 Å². The molecule has 0 N–H and O–H groups in total. The van der Waals surface area contributed by atoms with E-state index >= 15 is 0 Å². The van der Waals surface area contributed by atoms with Gasteiger partial charge >= 0.3 is 0 Å². The Hall–Kier alpha value is -7.78. The Labute approximate surface area is 372 Å². The van der Waals surface area contributed by atoms with Crippen LogP contribution in [0.3, 0.4) is 0 Å². The van der Waals surface area contributed by atoms with Crippen molar-refractivity contribution in [2.75, 3.05) is 4.90 Å². The topological polar surface area (TPSA) is 3.24 Å². The molecule has 0 atom stereocenters. The summed E-state index contributed by atoms with van der Waals surface area (Å²) in [6.07, 6.45) is 0. The molecular weight excluding hydrogens is 779 g/mol. The van der Waals surface area contributed by atoms with Crippen molar-refractivity contribution < 1.29 is 0 Å². The molecule has 0 saturated heterocycles. The summed E-state index contributed by atoms with van der Waals surface area (Å²) in [6, 6.07) is 91.6. The molecule has 10 aromatic carbocycles. The van der Waals surface area contributed by atoms with Gasteiger partial charge in [0.25, 0.3) is 0 Å². The lowest BCUT2D eigenvalue weighted by Gasteiger charge is -2.35. The first-order valence-electron chi connectivity index (χ1n) is 21.7. The third-order valence-electron chi connectivity index (χ3n) is 13.0. The minimum atomic E-state index is -0.531. The highest BCUT2D eigenvalue weighted by Gasteiger charge is 2.46. The lowest BCUT2D eigenvalue weighted by molar-refractivity contribution is 0.768. The lowest BCUT2D eigenvalue weighted by atomic mass is 9.67. The van der Waals surface area contributed by atoms with Crippen molar-refractivity contribution in [2.45, 2.75) is 5.41 Å². The average Bonchev–Trinajstić information content (AvgIpc) is 3.89. The Morgan fingerprint density at radius 1 is 0.333 bits per heavy atom. The molecule has 11 aromatic rings. The first-order valence-corrected chi connectivity index (χ1v) is 22.5. The second kappa shape index (κ2) is 15.3. The molecule has 1 nitrogen and oxygen atoms in total. The molecule has 1 aliphatic carbocycles. The quantitative estimate of drug-likeness (QED) is 0.148. The van der Waals surface area contributed by atoms with Crippen LogP contribution in [0.2, 0.25) is 0 Å². The molecule has 1 aliphatic rings. The molecule has 0 radical (unpaired) electrons. The van der Waals surface area contributed by atoms with Gasteiger partial charge in [0.2, 0.25) is 0 Å². The van der Waals surface area contributed by atoms with Gasteiger partial charge < -0.3 is 4.90 Å². The molecule has 0 spiro atoms. The fourth-order valence-corrected chi connectivity index (χ4v) is 11.3. The van der Waals surface area contributed by atoms with Crippen LogP contribution in [0.1, 0.15) is 22.3 Å². The average molecular weight is 820 g/mol. The van der Waals surface area contributed by atoms with E-state index < -0.39 is 5.41 Å². The van der Waals surface area contributed by atoms with Crippen LogP contribution in [-0.2, 0) is 5.41 Å². The van der Waals surface area contributed by atoms with E-state index in [0.717, 1.165) is 17.1 Å². The van der Waals surface area contributed by atoms with Crippen LogP contribution in [0.4, 0.5) is 17.1 Å². The fourth-order valence-electron chi connectivity index (χ4n) is 10.2. The number of hydrogen-bond acceptors (Lipinski definition) is 2. The Bertz CT molecular complexity index is 3380. The number of benzene rings is 10. The molecular formula is C61H41NS. The van der Waals surface area contributed by atoms with Gasteiger partial charge in [0.05, 0.1) is 11.1 Å². The Balaban J connectivity index is 1.13. The van der Waals surface area contributed by atoms with Crippen molar-refractivity contribution in [3.8, 4) is 44.5 Å². The molecule has 1 aromatic heterocycles. The van der Waals surface area contributed by atoms with Gasteiger partial charge in [-0.3, -0.25) is 0 Å². The number of anilines is 3. The minimum absolute atomic E-state index is 0.531. The zero-order chi connectivity index (χ0) is 41.7. The van der Waals surface area contributed by atoms with Gasteiger partial charge in [-0.2, -0.15) is 0 Å². The lowest BCUT2D eigenvalue weighted by Crippen LogP contribution is -2.28. The fraction of sp³-hybridized carbons (Fsp3) is 0.0164. The summed E-state index contributed by atoms with van der Waals surface area (Å²) in [7, 11) is 0. The molecule has 0 unspecified atom stereocenters. The van der Waals surface area contributed by atoms with Crippen LogP contribution in [0.5, 0.6) is 0 Å². The number of fused-ring (bicyclic) bond motifs is 6. The van der Waals surface area contributed by atoms with Crippen molar-refractivity contribution in [1.82, 2.24) is 0 Å². The SMILES string of the molecule is c1ccc(-c2ccc(-c3c(N(c4ccc(-c5ccccc5)cc4)c4cccc(C5(c6ccccc6)c6ccccc6-c6ccccc65)c4)ccc4sc5ccccc5c34)cc2)cc1. The van der Waals surface area contributed by atoms with Crippen LogP contribution >= 0.6 is 11.3 Å². The van der Waals surface area contributed by atoms with E-state index in [1.54, 1.807) is 0 Å². The normalized spacial score (nSPS) is 12.6. The molecule has 0 saturated carbocycles. The number of hydrogen-bond donors (Lipinski definition) is 0. The van der Waals surface area contributed by atoms with Crippen LogP contribution in [-0.4, -0.2) is 0 Å². The van der Waals surface area contributed by atoms with Crippen molar-refractivity contribution >= 4 is 48.6 Å². The molecule has 296 valence electrons. The largest absolute Gasteiger partial charge is 0.310 e. The van der Waals surface area contributed by atoms with Gasteiger partial charge in [-0.15, -0.1) is 11.3 Å². The molecule has 0 amide bonds. The Morgan fingerprint density at radius 3 is 1.49 bits per heavy atom. The zero-order valence-electron chi connectivity index (χ0n) is 34.5. The number of rotatable bonds is 8. The van der Waals surface area contributed by atoms with Gasteiger partial charge in [0.1, 0.15) is 0 Å². The van der Waals surface area contributed by atoms with E-state index in [4.69, 9.17) is 0 Å². The molecule has 0 aliphatic heterocycles. The van der Waals surface area contributed by atoms with Crippen molar-refractivity contribution in [2.24, 2.45) is 0 Å². The second-order valence-corrected chi connectivity index (χ2v) is 17.5. The molecule has 12 rings (SSSR count). The van der Waals surface area contributed by atoms with Gasteiger partial charge in [-0.25, -0.2) is 0 Å². The summed E-state index contributed by atoms with van der Waals surface area (Å²) < 4.78 is 2.56. The van der Waals surface area contributed by atoms with E-state index in [1.165, 1.54) is 86.9 Å². The van der Waals surface area contributed by atoms with E-state index in [9.17, 15) is 0 Å². The van der Waals surface area contributed by atoms with E-state index in [-0.39, 0.29) is 0 Å². The highest BCUT2D eigenvalue weighted by atomic mass is 32.1. The first-order chi connectivity index (χ1) is 31.3. The van der Waals surface area contributed by atoms with Crippen molar-refractivity contribution in [3.05, 3.63) is 271 Å². The Kier molecular flexibility index (Phi) is 8.98. The van der Waals surface area contributed by atoms with E-state index in [1.807, 2.05) is 11.3 Å². The molecule has 1 heterocycles. The van der Waals surface area contributed by atoms with Crippen LogP contribution in [0, 0.1) is 0 Å². The summed E-state index contributed by atoms with van der Waals surface area (Å²) in [6.45, 7) is 0. The predicted octanol–water partition coefficient (Wildman–Crippen LogP) is 16.9. The molecule has 2 heteroatoms. The van der Waals surface area contributed by atoms with E-state index in [2.05, 4.69) is 254 Å². The summed E-state index contributed by atoms with van der Waals surface area (Å²) in [4.78, 5) is 2.50. The third-order valence-corrected chi connectivity index (χ3v) is 14.1. The standard InChI is InChI=1S/C61H41NS/c1-4-17-42(18-5-1)44-31-33-46(34-32-44)59-56(39-40-58-60(59)53-27-12-15-30-57(53)63-58)62(49-37-35-45(36-38-49)43-19-6-2-7-20-43)50-24-16-23-48(41-50)61(47-21-8-3-9-22-47)54-28-13-10-25-51(54)52-26-11-14-29-55(52)61/h1-41H. The van der Waals surface area contributed by atoms with Gasteiger partial charge in [-0.05, 0) is 104 Å². The predicted molar refractivity (Wildman–Crippen MR) is 268 cm³/mol. The monoisotopic (exact) mass is 819 g/mol. The summed E-state index contributed by atoms with van der Waals surface area (Å²) in [5.74, 6) is 0.